The monoisotopic (exact) mass is 353 g/mol. The Morgan fingerprint density at radius 2 is 1.96 bits per heavy atom. The third-order valence-electron chi connectivity index (χ3n) is 5.26. The van der Waals surface area contributed by atoms with E-state index in [-0.39, 0.29) is 29.1 Å². The van der Waals surface area contributed by atoms with Crippen molar-refractivity contribution in [2.75, 3.05) is 24.6 Å². The van der Waals surface area contributed by atoms with Crippen LogP contribution in [0.15, 0.2) is 18.2 Å². The fraction of sp³-hybridized carbons (Fsp3) is 0.611. The molecule has 0 aliphatic carbocycles. The summed E-state index contributed by atoms with van der Waals surface area (Å²) in [6.07, 6.45) is 2.60. The van der Waals surface area contributed by atoms with Gasteiger partial charge in [-0.05, 0) is 55.7 Å². The van der Waals surface area contributed by atoms with Gasteiger partial charge in [-0.1, -0.05) is 12.1 Å². The average Bonchev–Trinajstić information content (AvgIpc) is 2.99. The molecular formula is C18H24FNO3S. The van der Waals surface area contributed by atoms with E-state index in [1.165, 1.54) is 0 Å². The van der Waals surface area contributed by atoms with Gasteiger partial charge in [0, 0.05) is 19.0 Å². The Morgan fingerprint density at radius 3 is 2.62 bits per heavy atom. The molecule has 1 aromatic rings. The van der Waals surface area contributed by atoms with Crippen LogP contribution >= 0.6 is 0 Å². The number of benzene rings is 1. The number of carbonyl (C=O) groups is 1. The second kappa shape index (κ2) is 6.82. The minimum atomic E-state index is -2.94. The number of amides is 1. The summed E-state index contributed by atoms with van der Waals surface area (Å²) < 4.78 is 36.6. The van der Waals surface area contributed by atoms with E-state index in [2.05, 4.69) is 0 Å². The minimum absolute atomic E-state index is 0.0995. The van der Waals surface area contributed by atoms with Crippen LogP contribution in [0, 0.1) is 24.6 Å². The van der Waals surface area contributed by atoms with Crippen molar-refractivity contribution < 1.29 is 17.6 Å². The molecule has 0 aromatic heterocycles. The van der Waals surface area contributed by atoms with E-state index in [1.54, 1.807) is 19.1 Å². The van der Waals surface area contributed by atoms with Gasteiger partial charge in [-0.15, -0.1) is 0 Å². The molecule has 2 saturated heterocycles. The average molecular weight is 353 g/mol. The van der Waals surface area contributed by atoms with Crippen LogP contribution in [-0.4, -0.2) is 43.8 Å². The molecule has 0 spiro atoms. The van der Waals surface area contributed by atoms with Crippen molar-refractivity contribution in [1.29, 1.82) is 0 Å². The van der Waals surface area contributed by atoms with Crippen LogP contribution in [0.5, 0.6) is 0 Å². The summed E-state index contributed by atoms with van der Waals surface area (Å²) in [4.78, 5) is 14.5. The van der Waals surface area contributed by atoms with Crippen LogP contribution in [0.2, 0.25) is 0 Å². The largest absolute Gasteiger partial charge is 0.342 e. The molecule has 1 amide bonds. The summed E-state index contributed by atoms with van der Waals surface area (Å²) in [5, 5.41) is 0. The summed E-state index contributed by atoms with van der Waals surface area (Å²) in [6, 6.07) is 5.34. The Morgan fingerprint density at radius 1 is 1.25 bits per heavy atom. The first-order valence-electron chi connectivity index (χ1n) is 8.58. The van der Waals surface area contributed by atoms with Crippen LogP contribution in [0.4, 0.5) is 4.39 Å². The van der Waals surface area contributed by atoms with Crippen LogP contribution < -0.4 is 0 Å². The molecule has 0 N–H and O–H groups in total. The highest BCUT2D eigenvalue weighted by molar-refractivity contribution is 7.91. The molecule has 1 atom stereocenters. The van der Waals surface area contributed by atoms with E-state index >= 15 is 0 Å². The first kappa shape index (κ1) is 17.4. The molecule has 6 heteroatoms. The molecule has 0 bridgehead atoms. The molecule has 2 aliphatic heterocycles. The molecule has 0 saturated carbocycles. The minimum Gasteiger partial charge on any atom is -0.342 e. The molecule has 1 aromatic carbocycles. The maximum atomic E-state index is 13.7. The molecule has 3 rings (SSSR count). The van der Waals surface area contributed by atoms with E-state index < -0.39 is 9.84 Å². The molecular weight excluding hydrogens is 329 g/mol. The van der Waals surface area contributed by atoms with Crippen LogP contribution in [0.1, 0.15) is 30.4 Å². The summed E-state index contributed by atoms with van der Waals surface area (Å²) in [5.74, 6) is 0.379. The number of nitrogens with zero attached hydrogens (tertiary/aromatic N) is 1. The first-order valence-corrected chi connectivity index (χ1v) is 10.4. The predicted octanol–water partition coefficient (Wildman–Crippen LogP) is 2.35. The highest BCUT2D eigenvalue weighted by atomic mass is 32.2. The highest BCUT2D eigenvalue weighted by Crippen LogP contribution is 2.27. The van der Waals surface area contributed by atoms with Gasteiger partial charge in [-0.3, -0.25) is 4.79 Å². The van der Waals surface area contributed by atoms with Gasteiger partial charge in [0.15, 0.2) is 0 Å². The zero-order valence-corrected chi connectivity index (χ0v) is 14.8. The molecule has 24 heavy (non-hydrogen) atoms. The maximum Gasteiger partial charge on any atom is 0.225 e. The summed E-state index contributed by atoms with van der Waals surface area (Å²) >= 11 is 0. The van der Waals surface area contributed by atoms with Gasteiger partial charge >= 0.3 is 0 Å². The van der Waals surface area contributed by atoms with E-state index in [0.717, 1.165) is 24.9 Å². The molecule has 4 nitrogen and oxygen atoms in total. The van der Waals surface area contributed by atoms with Gasteiger partial charge in [0.2, 0.25) is 5.91 Å². The molecule has 0 radical (unpaired) electrons. The Labute approximate surface area is 143 Å². The van der Waals surface area contributed by atoms with Gasteiger partial charge < -0.3 is 4.90 Å². The van der Waals surface area contributed by atoms with Crippen molar-refractivity contribution in [3.8, 4) is 0 Å². The number of carbonyl (C=O) groups excluding carboxylic acids is 1. The first-order chi connectivity index (χ1) is 11.3. The molecule has 2 aliphatic rings. The van der Waals surface area contributed by atoms with Crippen molar-refractivity contribution in [3.63, 3.8) is 0 Å². The number of rotatable bonds is 3. The summed E-state index contributed by atoms with van der Waals surface area (Å²) in [5.41, 5.74) is 1.62. The number of halogens is 1. The lowest BCUT2D eigenvalue weighted by atomic mass is 9.97. The van der Waals surface area contributed by atoms with Gasteiger partial charge in [0.1, 0.15) is 15.7 Å². The highest BCUT2D eigenvalue weighted by Gasteiger charge is 2.34. The second-order valence-electron chi connectivity index (χ2n) is 7.15. The van der Waals surface area contributed by atoms with Gasteiger partial charge in [-0.2, -0.15) is 0 Å². The predicted molar refractivity (Wildman–Crippen MR) is 90.9 cm³/mol. The lowest BCUT2D eigenvalue weighted by molar-refractivity contribution is -0.134. The number of aryl methyl sites for hydroxylation is 1. The number of hydrogen-bond donors (Lipinski definition) is 0. The van der Waals surface area contributed by atoms with E-state index in [0.29, 0.717) is 30.9 Å². The fourth-order valence-electron chi connectivity index (χ4n) is 3.69. The second-order valence-corrected chi connectivity index (χ2v) is 9.46. The third kappa shape index (κ3) is 3.97. The van der Waals surface area contributed by atoms with Gasteiger partial charge in [-0.25, -0.2) is 12.8 Å². The van der Waals surface area contributed by atoms with Crippen molar-refractivity contribution >= 4 is 15.7 Å². The zero-order chi connectivity index (χ0) is 17.3. The normalized spacial score (nSPS) is 24.2. The quantitative estimate of drug-likeness (QED) is 0.838. The zero-order valence-electron chi connectivity index (χ0n) is 14.0. The van der Waals surface area contributed by atoms with E-state index in [9.17, 15) is 17.6 Å². The molecule has 132 valence electrons. The Bertz CT molecular complexity index is 718. The van der Waals surface area contributed by atoms with Crippen molar-refractivity contribution in [2.24, 2.45) is 11.8 Å². The van der Waals surface area contributed by atoms with Crippen LogP contribution in [0.3, 0.4) is 0 Å². The fourth-order valence-corrected chi connectivity index (χ4v) is 5.18. The van der Waals surface area contributed by atoms with Crippen molar-refractivity contribution in [2.45, 2.75) is 32.6 Å². The molecule has 1 unspecified atom stereocenters. The lowest BCUT2D eigenvalue weighted by Crippen LogP contribution is -2.38. The van der Waals surface area contributed by atoms with Crippen molar-refractivity contribution in [1.82, 2.24) is 4.90 Å². The number of hydrogen-bond acceptors (Lipinski definition) is 3. The Hall–Kier alpha value is -1.43. The van der Waals surface area contributed by atoms with Gasteiger partial charge in [0.25, 0.3) is 0 Å². The standard InChI is InChI=1S/C18H24FNO3S/c1-13-2-3-14(11-17(13)19)10-15-4-7-20(12-15)18(21)16-5-8-24(22,23)9-6-16/h2-3,11,15-16H,4-10,12H2,1H3. The third-order valence-corrected chi connectivity index (χ3v) is 6.98. The molecule has 2 heterocycles. The Kier molecular flexibility index (Phi) is 4.95. The van der Waals surface area contributed by atoms with Crippen LogP contribution in [0.25, 0.3) is 0 Å². The number of sulfone groups is 1. The SMILES string of the molecule is Cc1ccc(CC2CCN(C(=O)C3CCS(=O)(=O)CC3)C2)cc1F. The van der Waals surface area contributed by atoms with Crippen LogP contribution in [-0.2, 0) is 21.1 Å². The smallest absolute Gasteiger partial charge is 0.225 e. The molecule has 2 fully saturated rings. The lowest BCUT2D eigenvalue weighted by Gasteiger charge is -2.26. The van der Waals surface area contributed by atoms with Crippen molar-refractivity contribution in [3.05, 3.63) is 35.1 Å². The van der Waals surface area contributed by atoms with Gasteiger partial charge in [0.05, 0.1) is 11.5 Å². The topological polar surface area (TPSA) is 54.5 Å². The van der Waals surface area contributed by atoms with E-state index in [1.807, 2.05) is 11.0 Å². The van der Waals surface area contributed by atoms with E-state index in [4.69, 9.17) is 0 Å². The summed E-state index contributed by atoms with van der Waals surface area (Å²) in [6.45, 7) is 3.16. The number of likely N-dealkylation sites (tertiary alicyclic amines) is 1. The Balaban J connectivity index is 1.55. The maximum absolute atomic E-state index is 13.7. The summed E-state index contributed by atoms with van der Waals surface area (Å²) in [7, 11) is -2.94.